The van der Waals surface area contributed by atoms with E-state index in [0.717, 1.165) is 19.5 Å². The first-order valence-corrected chi connectivity index (χ1v) is 10.0. The Morgan fingerprint density at radius 2 is 1.71 bits per heavy atom. The van der Waals surface area contributed by atoms with Crippen molar-refractivity contribution in [2.45, 2.75) is 32.2 Å². The van der Waals surface area contributed by atoms with Gasteiger partial charge < -0.3 is 25.0 Å². The lowest BCUT2D eigenvalue weighted by Crippen LogP contribution is -2.52. The van der Waals surface area contributed by atoms with Gasteiger partial charge in [-0.05, 0) is 43.9 Å². The Morgan fingerprint density at radius 1 is 1.07 bits per heavy atom. The van der Waals surface area contributed by atoms with Crippen molar-refractivity contribution in [2.75, 3.05) is 40.4 Å². The van der Waals surface area contributed by atoms with Gasteiger partial charge in [0.2, 0.25) is 5.91 Å². The summed E-state index contributed by atoms with van der Waals surface area (Å²) in [6.45, 7) is 5.20. The molecule has 0 bridgehead atoms. The average Bonchev–Trinajstić information content (AvgIpc) is 2.74. The van der Waals surface area contributed by atoms with Crippen molar-refractivity contribution in [1.82, 2.24) is 15.5 Å². The number of likely N-dealkylation sites (tertiary alicyclic amines) is 1. The van der Waals surface area contributed by atoms with Gasteiger partial charge in [-0.25, -0.2) is 0 Å². The third kappa shape index (κ3) is 4.76. The zero-order chi connectivity index (χ0) is 20.1. The highest BCUT2D eigenvalue weighted by atomic mass is 16.5. The Labute approximate surface area is 166 Å². The van der Waals surface area contributed by atoms with E-state index in [1.807, 2.05) is 4.90 Å². The van der Waals surface area contributed by atoms with Crippen molar-refractivity contribution < 1.29 is 19.1 Å². The van der Waals surface area contributed by atoms with E-state index in [4.69, 9.17) is 9.47 Å². The largest absolute Gasteiger partial charge is 0.497 e. The molecule has 2 unspecified atom stereocenters. The second kappa shape index (κ2) is 9.28. The highest BCUT2D eigenvalue weighted by molar-refractivity contribution is 5.95. The number of piperidine rings is 2. The molecule has 0 saturated carbocycles. The fraction of sp³-hybridized carbons (Fsp3) is 0.619. The third-order valence-corrected chi connectivity index (χ3v) is 5.91. The van der Waals surface area contributed by atoms with Crippen LogP contribution >= 0.6 is 0 Å². The molecule has 7 heteroatoms. The van der Waals surface area contributed by atoms with Crippen molar-refractivity contribution in [1.29, 1.82) is 0 Å². The van der Waals surface area contributed by atoms with Crippen LogP contribution in [0.15, 0.2) is 18.2 Å². The van der Waals surface area contributed by atoms with E-state index in [1.165, 1.54) is 0 Å². The van der Waals surface area contributed by atoms with Crippen molar-refractivity contribution in [3.05, 3.63) is 23.8 Å². The number of hydrogen-bond donors (Lipinski definition) is 2. The van der Waals surface area contributed by atoms with Crippen molar-refractivity contribution >= 4 is 11.8 Å². The van der Waals surface area contributed by atoms with Crippen LogP contribution in [0, 0.1) is 11.8 Å². The van der Waals surface area contributed by atoms with Crippen molar-refractivity contribution in [3.8, 4) is 11.5 Å². The van der Waals surface area contributed by atoms with Gasteiger partial charge in [-0.1, -0.05) is 6.92 Å². The minimum atomic E-state index is -0.0545. The number of benzene rings is 1. The van der Waals surface area contributed by atoms with Crippen molar-refractivity contribution in [2.24, 2.45) is 11.8 Å². The molecule has 154 valence electrons. The molecular weight excluding hydrogens is 358 g/mol. The van der Waals surface area contributed by atoms with Gasteiger partial charge in [-0.15, -0.1) is 0 Å². The number of nitrogens with zero attached hydrogens (tertiary/aromatic N) is 1. The molecule has 2 N–H and O–H groups in total. The van der Waals surface area contributed by atoms with Gasteiger partial charge in [-0.2, -0.15) is 0 Å². The maximum Gasteiger partial charge on any atom is 0.254 e. The molecule has 0 radical (unpaired) electrons. The molecule has 2 heterocycles. The van der Waals surface area contributed by atoms with Gasteiger partial charge in [0, 0.05) is 43.2 Å². The molecular formula is C21H31N3O4. The molecule has 2 atom stereocenters. The highest BCUT2D eigenvalue weighted by Gasteiger charge is 2.30. The highest BCUT2D eigenvalue weighted by Crippen LogP contribution is 2.25. The van der Waals surface area contributed by atoms with E-state index >= 15 is 0 Å². The van der Waals surface area contributed by atoms with E-state index < -0.39 is 0 Å². The molecule has 7 nitrogen and oxygen atoms in total. The summed E-state index contributed by atoms with van der Waals surface area (Å²) in [4.78, 5) is 27.3. The average molecular weight is 389 g/mol. The smallest absolute Gasteiger partial charge is 0.254 e. The fourth-order valence-corrected chi connectivity index (χ4v) is 3.94. The van der Waals surface area contributed by atoms with Crippen LogP contribution in [0.2, 0.25) is 0 Å². The van der Waals surface area contributed by atoms with Crippen LogP contribution in [0.3, 0.4) is 0 Å². The van der Waals surface area contributed by atoms with E-state index in [2.05, 4.69) is 17.6 Å². The van der Waals surface area contributed by atoms with Crippen molar-refractivity contribution in [3.63, 3.8) is 0 Å². The second-order valence-corrected chi connectivity index (χ2v) is 7.75. The molecule has 2 fully saturated rings. The van der Waals surface area contributed by atoms with Crippen LogP contribution in [0.1, 0.15) is 36.5 Å². The zero-order valence-electron chi connectivity index (χ0n) is 17.0. The Morgan fingerprint density at radius 3 is 2.29 bits per heavy atom. The van der Waals surface area contributed by atoms with Crippen LogP contribution in [-0.4, -0.2) is 63.2 Å². The Bertz CT molecular complexity index is 679. The van der Waals surface area contributed by atoms with Gasteiger partial charge in [0.25, 0.3) is 5.91 Å². The summed E-state index contributed by atoms with van der Waals surface area (Å²) < 4.78 is 10.5. The first kappa shape index (κ1) is 20.5. The van der Waals surface area contributed by atoms with Crippen LogP contribution in [0.25, 0.3) is 0 Å². The maximum absolute atomic E-state index is 12.9. The van der Waals surface area contributed by atoms with Crippen LogP contribution in [-0.2, 0) is 4.79 Å². The SMILES string of the molecule is COc1cc(OC)cc(C(=O)N2CCC(C(=O)NC3CNCCC3C)CC2)c1. The number of carbonyl (C=O) groups excluding carboxylic acids is 2. The molecule has 1 aromatic carbocycles. The molecule has 28 heavy (non-hydrogen) atoms. The van der Waals surface area contributed by atoms with Gasteiger partial charge in [0.15, 0.2) is 0 Å². The fourth-order valence-electron chi connectivity index (χ4n) is 3.94. The molecule has 1 aromatic rings. The third-order valence-electron chi connectivity index (χ3n) is 5.91. The van der Waals surface area contributed by atoms with E-state index in [9.17, 15) is 9.59 Å². The summed E-state index contributed by atoms with van der Waals surface area (Å²) in [6.07, 6.45) is 2.46. The molecule has 2 amide bonds. The predicted molar refractivity (Wildman–Crippen MR) is 107 cm³/mol. The topological polar surface area (TPSA) is 79.9 Å². The minimum Gasteiger partial charge on any atom is -0.497 e. The normalized spacial score (nSPS) is 23.2. The quantitative estimate of drug-likeness (QED) is 0.801. The molecule has 3 rings (SSSR count). The summed E-state index contributed by atoms with van der Waals surface area (Å²) in [5, 5.41) is 6.55. The van der Waals surface area contributed by atoms with Gasteiger partial charge in [0.05, 0.1) is 14.2 Å². The van der Waals surface area contributed by atoms with Crippen LogP contribution in [0.4, 0.5) is 0 Å². The molecule has 2 aliphatic rings. The Kier molecular flexibility index (Phi) is 6.78. The molecule has 0 aliphatic carbocycles. The lowest BCUT2D eigenvalue weighted by molar-refractivity contribution is -0.127. The number of nitrogens with one attached hydrogen (secondary N) is 2. The lowest BCUT2D eigenvalue weighted by Gasteiger charge is -2.34. The van der Waals surface area contributed by atoms with Gasteiger partial charge in [-0.3, -0.25) is 9.59 Å². The predicted octanol–water partition coefficient (Wildman–Crippen LogP) is 1.67. The monoisotopic (exact) mass is 389 g/mol. The van der Waals surface area contributed by atoms with E-state index in [1.54, 1.807) is 32.4 Å². The summed E-state index contributed by atoms with van der Waals surface area (Å²) >= 11 is 0. The summed E-state index contributed by atoms with van der Waals surface area (Å²) in [7, 11) is 3.13. The number of ether oxygens (including phenoxy) is 2. The Balaban J connectivity index is 1.56. The van der Waals surface area contributed by atoms with Gasteiger partial charge >= 0.3 is 0 Å². The molecule has 0 spiro atoms. The number of methoxy groups -OCH3 is 2. The summed E-state index contributed by atoms with van der Waals surface area (Å²) in [5.74, 6) is 1.71. The first-order chi connectivity index (χ1) is 13.5. The number of rotatable bonds is 5. The summed E-state index contributed by atoms with van der Waals surface area (Å²) in [6, 6.07) is 5.39. The summed E-state index contributed by atoms with van der Waals surface area (Å²) in [5.41, 5.74) is 0.543. The number of carbonyl (C=O) groups is 2. The lowest BCUT2D eigenvalue weighted by atomic mass is 9.91. The molecule has 2 saturated heterocycles. The second-order valence-electron chi connectivity index (χ2n) is 7.75. The maximum atomic E-state index is 12.9. The van der Waals surface area contributed by atoms with Crippen LogP contribution in [0.5, 0.6) is 11.5 Å². The standard InChI is InChI=1S/C21H31N3O4/c1-14-4-7-22-13-19(14)23-20(25)15-5-8-24(9-6-15)21(26)16-10-17(27-2)12-18(11-16)28-3/h10-12,14-15,19,22H,4-9,13H2,1-3H3,(H,23,25). The number of hydrogen-bond acceptors (Lipinski definition) is 5. The first-order valence-electron chi connectivity index (χ1n) is 10.0. The number of amides is 2. The van der Waals surface area contributed by atoms with Gasteiger partial charge in [0.1, 0.15) is 11.5 Å². The molecule has 2 aliphatic heterocycles. The Hall–Kier alpha value is -2.28. The van der Waals surface area contributed by atoms with E-state index in [-0.39, 0.29) is 23.8 Å². The molecule has 0 aromatic heterocycles. The minimum absolute atomic E-state index is 0.0296. The van der Waals surface area contributed by atoms with E-state index in [0.29, 0.717) is 48.9 Å². The van der Waals surface area contributed by atoms with Crippen LogP contribution < -0.4 is 20.1 Å². The zero-order valence-corrected chi connectivity index (χ0v) is 17.0.